The lowest BCUT2D eigenvalue weighted by atomic mass is 9.91. The van der Waals surface area contributed by atoms with E-state index in [4.69, 9.17) is 9.47 Å². The first kappa shape index (κ1) is 40.3. The molecule has 4 N–H and O–H groups in total. The average molecular weight is 781 g/mol. The Kier molecular flexibility index (Phi) is 13.9. The normalized spacial score (nSPS) is 19.1. The summed E-state index contributed by atoms with van der Waals surface area (Å²) in [5, 5.41) is 21.9. The van der Waals surface area contributed by atoms with Gasteiger partial charge in [-0.3, -0.25) is 4.79 Å². The molecule has 1 fully saturated rings. The van der Waals surface area contributed by atoms with Crippen molar-refractivity contribution in [2.45, 2.75) is 62.9 Å². The van der Waals surface area contributed by atoms with Crippen LogP contribution in [0, 0.1) is 12.8 Å². The smallest absolute Gasteiger partial charge is 0.241 e. The van der Waals surface area contributed by atoms with Crippen LogP contribution in [0.2, 0.25) is 0 Å². The van der Waals surface area contributed by atoms with E-state index in [1.54, 1.807) is 23.9 Å². The molecule has 1 aliphatic heterocycles. The second kappa shape index (κ2) is 19.0. The van der Waals surface area contributed by atoms with Gasteiger partial charge >= 0.3 is 0 Å². The number of aliphatic hydroxyl groups is 2. The largest absolute Gasteiger partial charge is 0.396 e. The van der Waals surface area contributed by atoms with Gasteiger partial charge < -0.3 is 25.0 Å². The molecule has 0 spiro atoms. The van der Waals surface area contributed by atoms with Crippen molar-refractivity contribution in [3.05, 3.63) is 161 Å². The van der Waals surface area contributed by atoms with Gasteiger partial charge in [0.05, 0.1) is 30.3 Å². The molecular weight excluding hydrogens is 733 g/mol. The van der Waals surface area contributed by atoms with Crippen molar-refractivity contribution in [2.75, 3.05) is 18.1 Å². The van der Waals surface area contributed by atoms with Crippen LogP contribution in [0.4, 0.5) is 0 Å². The SMILES string of the molecule is Cc1ccc(S(=O)(=O)N[C@H](Cc2ccccc2)C(=O)NCc2cccc(-c3ccc([C@@H]4O[C@H](CSCCO)[C@H](C)[C@H](c5ccc(CO)cc5)O4)cc3)c2)cc1. The van der Waals surface area contributed by atoms with Crippen molar-refractivity contribution >= 4 is 27.7 Å². The number of hydrogen-bond acceptors (Lipinski definition) is 8. The van der Waals surface area contributed by atoms with E-state index in [2.05, 4.69) is 17.0 Å². The zero-order valence-corrected chi connectivity index (χ0v) is 32.6. The molecule has 5 aromatic rings. The van der Waals surface area contributed by atoms with E-state index in [1.165, 1.54) is 12.1 Å². The maximum absolute atomic E-state index is 13.6. The van der Waals surface area contributed by atoms with Gasteiger partial charge in [0.1, 0.15) is 6.04 Å². The van der Waals surface area contributed by atoms with E-state index in [0.29, 0.717) is 5.75 Å². The van der Waals surface area contributed by atoms with Crippen LogP contribution in [0.15, 0.2) is 132 Å². The van der Waals surface area contributed by atoms with Gasteiger partial charge in [0.15, 0.2) is 6.29 Å². The van der Waals surface area contributed by atoms with Crippen LogP contribution in [0.25, 0.3) is 11.1 Å². The van der Waals surface area contributed by atoms with Gasteiger partial charge in [-0.25, -0.2) is 8.42 Å². The van der Waals surface area contributed by atoms with E-state index in [-0.39, 0.29) is 49.2 Å². The Labute approximate surface area is 328 Å². The minimum Gasteiger partial charge on any atom is -0.396 e. The highest BCUT2D eigenvalue weighted by atomic mass is 32.2. The molecule has 0 aliphatic carbocycles. The third-order valence-electron chi connectivity index (χ3n) is 9.78. The fourth-order valence-electron chi connectivity index (χ4n) is 6.59. The zero-order chi connectivity index (χ0) is 38.8. The fraction of sp³-hybridized carbons (Fsp3) is 0.295. The Hall–Kier alpha value is -4.33. The molecule has 0 unspecified atom stereocenters. The minimum absolute atomic E-state index is 0.0223. The number of nitrogens with one attached hydrogen (secondary N) is 2. The second-order valence-corrected chi connectivity index (χ2v) is 16.7. The molecule has 5 aromatic carbocycles. The second-order valence-electron chi connectivity index (χ2n) is 13.8. The van der Waals surface area contributed by atoms with E-state index in [0.717, 1.165) is 50.3 Å². The van der Waals surface area contributed by atoms with Gasteiger partial charge in [0, 0.05) is 29.5 Å². The van der Waals surface area contributed by atoms with Crippen molar-refractivity contribution in [3.8, 4) is 11.1 Å². The number of benzene rings is 5. The van der Waals surface area contributed by atoms with Crippen molar-refractivity contribution in [1.29, 1.82) is 0 Å². The molecular formula is C44H48N2O7S2. The highest BCUT2D eigenvalue weighted by Gasteiger charge is 2.38. The number of hydrogen-bond donors (Lipinski definition) is 4. The number of amides is 1. The number of ether oxygens (including phenoxy) is 2. The molecule has 1 heterocycles. The first-order valence-corrected chi connectivity index (χ1v) is 21.1. The summed E-state index contributed by atoms with van der Waals surface area (Å²) < 4.78 is 42.4. The van der Waals surface area contributed by atoms with Crippen LogP contribution in [0.1, 0.15) is 52.7 Å². The van der Waals surface area contributed by atoms with Crippen LogP contribution >= 0.6 is 11.8 Å². The van der Waals surface area contributed by atoms with Gasteiger partial charge in [-0.1, -0.05) is 122 Å². The summed E-state index contributed by atoms with van der Waals surface area (Å²) in [5.41, 5.74) is 7.30. The predicted molar refractivity (Wildman–Crippen MR) is 217 cm³/mol. The summed E-state index contributed by atoms with van der Waals surface area (Å²) in [6.45, 7) is 4.30. The number of carbonyl (C=O) groups is 1. The molecule has 288 valence electrons. The molecule has 0 radical (unpaired) electrons. The number of carbonyl (C=O) groups excluding carboxylic acids is 1. The molecule has 1 saturated heterocycles. The Morgan fingerprint density at radius 2 is 1.47 bits per heavy atom. The van der Waals surface area contributed by atoms with Crippen LogP contribution < -0.4 is 10.0 Å². The van der Waals surface area contributed by atoms with Crippen LogP contribution in [0.3, 0.4) is 0 Å². The maximum Gasteiger partial charge on any atom is 0.241 e. The third-order valence-corrected chi connectivity index (χ3v) is 12.3. The Morgan fingerprint density at radius 3 is 2.16 bits per heavy atom. The highest BCUT2D eigenvalue weighted by Crippen LogP contribution is 2.42. The average Bonchev–Trinajstić information content (AvgIpc) is 3.21. The summed E-state index contributed by atoms with van der Waals surface area (Å²) in [6.07, 6.45) is -0.727. The maximum atomic E-state index is 13.6. The zero-order valence-electron chi connectivity index (χ0n) is 31.0. The Bertz CT molecular complexity index is 2100. The number of rotatable bonds is 16. The monoisotopic (exact) mass is 780 g/mol. The lowest BCUT2D eigenvalue weighted by Gasteiger charge is -2.41. The number of aryl methyl sites for hydroxylation is 1. The molecule has 6 rings (SSSR count). The molecule has 0 bridgehead atoms. The molecule has 1 amide bonds. The topological polar surface area (TPSA) is 134 Å². The molecule has 55 heavy (non-hydrogen) atoms. The van der Waals surface area contributed by atoms with Crippen molar-refractivity contribution < 1.29 is 32.9 Å². The van der Waals surface area contributed by atoms with Crippen molar-refractivity contribution in [2.24, 2.45) is 5.92 Å². The van der Waals surface area contributed by atoms with E-state index in [1.807, 2.05) is 110 Å². The quantitative estimate of drug-likeness (QED) is 0.0798. The minimum atomic E-state index is -3.96. The standard InChI is InChI=1S/C44H48N2O7S2/c1-30-11-21-39(22-12-30)55(50,51)46-40(26-32-7-4-3-5-8-32)43(49)45-27-34-9-6-10-38(25-34)35-17-19-37(20-18-35)44-52-41(29-54-24-23-47)31(2)42(53-44)36-15-13-33(28-48)14-16-36/h3-22,25,31,40-42,44,46-48H,23-24,26-29H2,1-2H3,(H,45,49)/t31-,40+,41+,42+,44+/m0/s1. The predicted octanol–water partition coefficient (Wildman–Crippen LogP) is 6.88. The molecule has 5 atom stereocenters. The molecule has 11 heteroatoms. The Balaban J connectivity index is 1.14. The number of thioether (sulfide) groups is 1. The lowest BCUT2D eigenvalue weighted by molar-refractivity contribution is -0.268. The number of aliphatic hydroxyl groups excluding tert-OH is 2. The summed E-state index contributed by atoms with van der Waals surface area (Å²) >= 11 is 1.65. The molecule has 0 saturated carbocycles. The molecule has 1 aliphatic rings. The van der Waals surface area contributed by atoms with Gasteiger partial charge in [0.25, 0.3) is 0 Å². The fourth-order valence-corrected chi connectivity index (χ4v) is 8.70. The van der Waals surface area contributed by atoms with E-state index < -0.39 is 28.3 Å². The van der Waals surface area contributed by atoms with Gasteiger partial charge in [-0.05, 0) is 64.9 Å². The third kappa shape index (κ3) is 10.7. The van der Waals surface area contributed by atoms with Crippen LogP contribution in [0.5, 0.6) is 0 Å². The van der Waals surface area contributed by atoms with Crippen molar-refractivity contribution in [1.82, 2.24) is 10.0 Å². The Morgan fingerprint density at radius 1 is 0.782 bits per heavy atom. The van der Waals surface area contributed by atoms with E-state index >= 15 is 0 Å². The van der Waals surface area contributed by atoms with E-state index in [9.17, 15) is 23.4 Å². The summed E-state index contributed by atoms with van der Waals surface area (Å²) in [6, 6.07) is 38.6. The van der Waals surface area contributed by atoms with Gasteiger partial charge in [-0.15, -0.1) is 0 Å². The van der Waals surface area contributed by atoms with Gasteiger partial charge in [-0.2, -0.15) is 16.5 Å². The highest BCUT2D eigenvalue weighted by molar-refractivity contribution is 7.99. The van der Waals surface area contributed by atoms with Crippen molar-refractivity contribution in [3.63, 3.8) is 0 Å². The summed E-state index contributed by atoms with van der Waals surface area (Å²) in [7, 11) is -3.96. The first-order chi connectivity index (χ1) is 26.6. The lowest BCUT2D eigenvalue weighted by Crippen LogP contribution is -2.47. The number of sulfonamides is 1. The summed E-state index contributed by atoms with van der Waals surface area (Å²) in [5.74, 6) is 0.991. The van der Waals surface area contributed by atoms with Gasteiger partial charge in [0.2, 0.25) is 15.9 Å². The molecule has 0 aromatic heterocycles. The first-order valence-electron chi connectivity index (χ1n) is 18.4. The summed E-state index contributed by atoms with van der Waals surface area (Å²) in [4.78, 5) is 13.7. The van der Waals surface area contributed by atoms with Crippen LogP contribution in [-0.4, -0.2) is 54.8 Å². The molecule has 9 nitrogen and oxygen atoms in total. The van der Waals surface area contributed by atoms with Crippen LogP contribution in [-0.2, 0) is 43.9 Å².